The lowest BCUT2D eigenvalue weighted by Crippen LogP contribution is -2.41. The Kier molecular flexibility index (Phi) is 8.52. The van der Waals surface area contributed by atoms with Crippen LogP contribution in [0.4, 0.5) is 14.5 Å². The maximum atomic E-state index is 14.1. The summed E-state index contributed by atoms with van der Waals surface area (Å²) in [7, 11) is 5.63. The maximum Gasteiger partial charge on any atom is 0.237 e. The molecule has 6 nitrogen and oxygen atoms in total. The van der Waals surface area contributed by atoms with Gasteiger partial charge in [0.15, 0.2) is 11.6 Å². The third kappa shape index (κ3) is 6.47. The summed E-state index contributed by atoms with van der Waals surface area (Å²) < 4.78 is 28.2. The van der Waals surface area contributed by atoms with Gasteiger partial charge in [0.2, 0.25) is 11.8 Å². The summed E-state index contributed by atoms with van der Waals surface area (Å²) in [4.78, 5) is 32.5. The van der Waals surface area contributed by atoms with E-state index in [1.165, 1.54) is 4.90 Å². The molecule has 0 spiro atoms. The lowest BCUT2D eigenvalue weighted by molar-refractivity contribution is -0.132. The molecule has 0 fully saturated rings. The van der Waals surface area contributed by atoms with Crippen LogP contribution in [0.3, 0.4) is 0 Å². The number of fused-ring (bicyclic) bond motifs is 1. The molecule has 0 radical (unpaired) electrons. The second kappa shape index (κ2) is 10.6. The highest BCUT2D eigenvalue weighted by molar-refractivity contribution is 5.94. The van der Waals surface area contributed by atoms with Crippen molar-refractivity contribution in [2.24, 2.45) is 0 Å². The number of likely N-dealkylation sites (N-methyl/N-ethyl adjacent to an activating group) is 1. The van der Waals surface area contributed by atoms with E-state index >= 15 is 0 Å². The van der Waals surface area contributed by atoms with Crippen LogP contribution < -0.4 is 4.90 Å². The first kappa shape index (κ1) is 23.2. The fraction of sp³-hybridized carbons (Fsp3) is 0.619. The molecule has 2 rings (SSSR count). The van der Waals surface area contributed by atoms with Crippen molar-refractivity contribution in [3.8, 4) is 0 Å². The molecule has 8 heteroatoms. The van der Waals surface area contributed by atoms with Crippen LogP contribution in [0.15, 0.2) is 12.1 Å². The van der Waals surface area contributed by atoms with E-state index in [-0.39, 0.29) is 31.3 Å². The molecule has 1 aromatic carbocycles. The van der Waals surface area contributed by atoms with Crippen LogP contribution in [0.25, 0.3) is 0 Å². The molecular formula is C21H32F2N4O2. The normalized spacial score (nSPS) is 16.9. The first-order chi connectivity index (χ1) is 13.7. The van der Waals surface area contributed by atoms with Gasteiger partial charge in [-0.1, -0.05) is 6.92 Å². The second-order valence-electron chi connectivity index (χ2n) is 7.86. The predicted molar refractivity (Wildman–Crippen MR) is 110 cm³/mol. The van der Waals surface area contributed by atoms with Crippen molar-refractivity contribution in [2.75, 3.05) is 58.8 Å². The van der Waals surface area contributed by atoms with Crippen LogP contribution in [0.2, 0.25) is 0 Å². The molecule has 0 aromatic heterocycles. The van der Waals surface area contributed by atoms with Crippen molar-refractivity contribution < 1.29 is 18.4 Å². The number of benzene rings is 1. The van der Waals surface area contributed by atoms with Gasteiger partial charge in [0.25, 0.3) is 0 Å². The molecule has 1 heterocycles. The summed E-state index contributed by atoms with van der Waals surface area (Å²) >= 11 is 0. The largest absolute Gasteiger partial charge is 0.337 e. The minimum absolute atomic E-state index is 0.0845. The van der Waals surface area contributed by atoms with Gasteiger partial charge in [-0.15, -0.1) is 0 Å². The first-order valence-corrected chi connectivity index (χ1v) is 10.1. The topological polar surface area (TPSA) is 47.1 Å². The van der Waals surface area contributed by atoms with E-state index in [4.69, 9.17) is 0 Å². The van der Waals surface area contributed by atoms with E-state index in [0.29, 0.717) is 24.3 Å². The summed E-state index contributed by atoms with van der Waals surface area (Å²) in [6, 6.07) is 2.21. The fourth-order valence-electron chi connectivity index (χ4n) is 3.54. The van der Waals surface area contributed by atoms with E-state index in [2.05, 4.69) is 4.90 Å². The predicted octanol–water partition coefficient (Wildman–Crippen LogP) is 2.32. The van der Waals surface area contributed by atoms with Crippen LogP contribution in [-0.2, 0) is 16.1 Å². The summed E-state index contributed by atoms with van der Waals surface area (Å²) in [5, 5.41) is 0. The lowest BCUT2D eigenvalue weighted by atomic mass is 10.1. The van der Waals surface area contributed by atoms with Gasteiger partial charge in [-0.25, -0.2) is 8.78 Å². The minimum Gasteiger partial charge on any atom is -0.337 e. The molecule has 2 amide bonds. The monoisotopic (exact) mass is 410 g/mol. The number of carbonyl (C=O) groups excluding carboxylic acids is 2. The summed E-state index contributed by atoms with van der Waals surface area (Å²) in [6.07, 6.45) is 1.77. The number of nitrogens with zero attached hydrogens (tertiary/aromatic N) is 4. The minimum atomic E-state index is -0.993. The van der Waals surface area contributed by atoms with E-state index in [0.717, 1.165) is 38.1 Å². The first-order valence-electron chi connectivity index (χ1n) is 10.1. The number of hydrogen-bond donors (Lipinski definition) is 0. The van der Waals surface area contributed by atoms with Gasteiger partial charge in [0, 0.05) is 32.1 Å². The molecule has 1 aromatic rings. The quantitative estimate of drug-likeness (QED) is 0.767. The van der Waals surface area contributed by atoms with Gasteiger partial charge in [0.1, 0.15) is 0 Å². The molecule has 162 valence electrons. The van der Waals surface area contributed by atoms with E-state index in [1.54, 1.807) is 16.7 Å². The molecule has 0 atom stereocenters. The number of amides is 2. The lowest BCUT2D eigenvalue weighted by Gasteiger charge is -2.31. The summed E-state index contributed by atoms with van der Waals surface area (Å²) in [6.45, 7) is 4.63. The molecule has 0 saturated carbocycles. The Bertz CT molecular complexity index is 727. The SMILES string of the molecule is CCC(=O)N1CCCN(C)CCCN(C(=O)CN(C)C)Cc2cc(F)c(F)cc21. The van der Waals surface area contributed by atoms with Crippen LogP contribution in [-0.4, -0.2) is 80.4 Å². The third-order valence-corrected chi connectivity index (χ3v) is 5.07. The number of anilines is 1. The van der Waals surface area contributed by atoms with E-state index in [1.807, 2.05) is 21.1 Å². The van der Waals surface area contributed by atoms with Crippen molar-refractivity contribution in [3.63, 3.8) is 0 Å². The molecule has 1 aliphatic heterocycles. The van der Waals surface area contributed by atoms with Crippen molar-refractivity contribution in [2.45, 2.75) is 32.7 Å². The van der Waals surface area contributed by atoms with Gasteiger partial charge in [0.05, 0.1) is 12.2 Å². The van der Waals surface area contributed by atoms with Crippen molar-refractivity contribution in [1.29, 1.82) is 0 Å². The second-order valence-corrected chi connectivity index (χ2v) is 7.86. The Morgan fingerprint density at radius 1 is 1.00 bits per heavy atom. The number of rotatable bonds is 3. The highest BCUT2D eigenvalue weighted by atomic mass is 19.2. The highest BCUT2D eigenvalue weighted by Crippen LogP contribution is 2.27. The molecule has 0 saturated heterocycles. The zero-order valence-corrected chi connectivity index (χ0v) is 17.9. The Labute approximate surface area is 172 Å². The Morgan fingerprint density at radius 2 is 1.62 bits per heavy atom. The van der Waals surface area contributed by atoms with Gasteiger partial charge in [-0.2, -0.15) is 0 Å². The standard InChI is InChI=1S/C21H32F2N4O2/c1-5-20(28)27-11-7-9-25(4)8-6-10-26(21(29)15-24(2)3)14-16-12-17(22)18(23)13-19(16)27/h12-13H,5-11,14-15H2,1-4H3. The van der Waals surface area contributed by atoms with Gasteiger partial charge < -0.3 is 19.6 Å². The molecule has 0 N–H and O–H groups in total. The van der Waals surface area contributed by atoms with Crippen molar-refractivity contribution in [3.05, 3.63) is 29.3 Å². The van der Waals surface area contributed by atoms with Crippen LogP contribution in [0.5, 0.6) is 0 Å². The molecule has 0 unspecified atom stereocenters. The number of halogens is 2. The van der Waals surface area contributed by atoms with Crippen LogP contribution in [0.1, 0.15) is 31.7 Å². The molecular weight excluding hydrogens is 378 g/mol. The van der Waals surface area contributed by atoms with Crippen molar-refractivity contribution >= 4 is 17.5 Å². The zero-order chi connectivity index (χ0) is 21.6. The molecule has 29 heavy (non-hydrogen) atoms. The van der Waals surface area contributed by atoms with Gasteiger partial charge in [-0.3, -0.25) is 9.59 Å². The average Bonchev–Trinajstić information content (AvgIpc) is 2.65. The smallest absolute Gasteiger partial charge is 0.237 e. The molecule has 0 bridgehead atoms. The number of hydrogen-bond acceptors (Lipinski definition) is 4. The van der Waals surface area contributed by atoms with Gasteiger partial charge in [-0.05, 0) is 58.7 Å². The average molecular weight is 411 g/mol. The van der Waals surface area contributed by atoms with Crippen molar-refractivity contribution in [1.82, 2.24) is 14.7 Å². The van der Waals surface area contributed by atoms with E-state index < -0.39 is 11.6 Å². The zero-order valence-electron chi connectivity index (χ0n) is 17.9. The maximum absolute atomic E-state index is 14.1. The Balaban J connectivity index is 2.48. The highest BCUT2D eigenvalue weighted by Gasteiger charge is 2.24. The number of carbonyl (C=O) groups is 2. The summed E-state index contributed by atoms with van der Waals surface area (Å²) in [5.41, 5.74) is 0.799. The molecule has 0 aliphatic carbocycles. The van der Waals surface area contributed by atoms with E-state index in [9.17, 15) is 18.4 Å². The Morgan fingerprint density at radius 3 is 2.24 bits per heavy atom. The molecule has 1 aliphatic rings. The fourth-order valence-corrected chi connectivity index (χ4v) is 3.54. The van der Waals surface area contributed by atoms with Gasteiger partial charge >= 0.3 is 0 Å². The van der Waals surface area contributed by atoms with Crippen LogP contribution >= 0.6 is 0 Å². The summed E-state index contributed by atoms with van der Waals surface area (Å²) in [5.74, 6) is -2.20. The Hall–Kier alpha value is -2.06. The van der Waals surface area contributed by atoms with Crippen LogP contribution in [0, 0.1) is 11.6 Å². The third-order valence-electron chi connectivity index (χ3n) is 5.07.